The molecule has 0 aliphatic rings. The number of benzene rings is 2. The number of hydrogen-bond donors (Lipinski definition) is 2. The normalized spacial score (nSPS) is 10.7. The first-order valence-electron chi connectivity index (χ1n) is 8.28. The van der Waals surface area contributed by atoms with E-state index in [4.69, 9.17) is 26.2 Å². The average molecular weight is 429 g/mol. The van der Waals surface area contributed by atoms with Crippen LogP contribution in [0.1, 0.15) is 24.5 Å². The smallest absolute Gasteiger partial charge is 0.162 e. The van der Waals surface area contributed by atoms with Gasteiger partial charge in [0.05, 0.1) is 6.61 Å². The van der Waals surface area contributed by atoms with E-state index in [1.807, 2.05) is 43.3 Å². The number of rotatable bonds is 10. The number of hydrogen-bond acceptors (Lipinski definition) is 4. The Morgan fingerprint density at radius 3 is 2.68 bits per heavy atom. The van der Waals surface area contributed by atoms with Crippen molar-refractivity contribution in [1.82, 2.24) is 5.32 Å². The Morgan fingerprint density at radius 2 is 1.96 bits per heavy atom. The van der Waals surface area contributed by atoms with Crippen LogP contribution in [0.25, 0.3) is 0 Å². The lowest BCUT2D eigenvalue weighted by Crippen LogP contribution is -2.16. The molecule has 2 N–H and O–H groups in total. The molecule has 0 unspecified atom stereocenters. The van der Waals surface area contributed by atoms with Gasteiger partial charge in [-0.15, -0.1) is 0 Å². The second-order valence-corrected chi connectivity index (χ2v) is 6.79. The quantitative estimate of drug-likeness (QED) is 0.545. The molecule has 0 saturated carbocycles. The molecular formula is C19H23BrClNO3. The van der Waals surface area contributed by atoms with Crippen LogP contribution in [-0.2, 0) is 13.2 Å². The van der Waals surface area contributed by atoms with Gasteiger partial charge < -0.3 is 19.9 Å². The lowest BCUT2D eigenvalue weighted by atomic mass is 10.2. The highest BCUT2D eigenvalue weighted by Gasteiger charge is 2.11. The summed E-state index contributed by atoms with van der Waals surface area (Å²) in [5.41, 5.74) is 2.08. The van der Waals surface area contributed by atoms with Gasteiger partial charge in [0.25, 0.3) is 0 Å². The third-order valence-corrected chi connectivity index (χ3v) is 4.50. The molecule has 0 aromatic heterocycles. The van der Waals surface area contributed by atoms with Crippen LogP contribution >= 0.6 is 27.5 Å². The number of halogens is 2. The maximum absolute atomic E-state index is 8.84. The van der Waals surface area contributed by atoms with Crippen molar-refractivity contribution in [2.45, 2.75) is 26.5 Å². The summed E-state index contributed by atoms with van der Waals surface area (Å²) < 4.78 is 12.6. The van der Waals surface area contributed by atoms with Gasteiger partial charge in [-0.3, -0.25) is 0 Å². The van der Waals surface area contributed by atoms with Crippen LogP contribution in [0.4, 0.5) is 0 Å². The molecule has 25 heavy (non-hydrogen) atoms. The van der Waals surface area contributed by atoms with E-state index < -0.39 is 0 Å². The van der Waals surface area contributed by atoms with Crippen LogP contribution in [0.2, 0.25) is 5.02 Å². The SMILES string of the molecule is CCOc1cc(CNCCCO)c(Br)cc1OCc1cccc(Cl)c1. The first-order valence-corrected chi connectivity index (χ1v) is 9.45. The van der Waals surface area contributed by atoms with Crippen LogP contribution in [0.3, 0.4) is 0 Å². The van der Waals surface area contributed by atoms with E-state index in [1.165, 1.54) is 0 Å². The van der Waals surface area contributed by atoms with Gasteiger partial charge in [-0.1, -0.05) is 39.7 Å². The minimum absolute atomic E-state index is 0.189. The van der Waals surface area contributed by atoms with Gasteiger partial charge in [0.1, 0.15) is 6.61 Å². The lowest BCUT2D eigenvalue weighted by Gasteiger charge is -2.15. The van der Waals surface area contributed by atoms with E-state index in [9.17, 15) is 0 Å². The van der Waals surface area contributed by atoms with Crippen molar-refractivity contribution in [3.63, 3.8) is 0 Å². The zero-order chi connectivity index (χ0) is 18.1. The fourth-order valence-electron chi connectivity index (χ4n) is 2.31. The Kier molecular flexibility index (Phi) is 8.55. The lowest BCUT2D eigenvalue weighted by molar-refractivity contribution is 0.268. The molecule has 0 aliphatic heterocycles. The molecule has 0 heterocycles. The molecular weight excluding hydrogens is 406 g/mol. The van der Waals surface area contributed by atoms with E-state index in [2.05, 4.69) is 21.2 Å². The first-order chi connectivity index (χ1) is 12.1. The average Bonchev–Trinajstić information content (AvgIpc) is 2.60. The third-order valence-electron chi connectivity index (χ3n) is 3.52. The Balaban J connectivity index is 2.09. The van der Waals surface area contributed by atoms with Gasteiger partial charge in [-0.05, 0) is 55.3 Å². The fourth-order valence-corrected chi connectivity index (χ4v) is 2.98. The van der Waals surface area contributed by atoms with Crippen molar-refractivity contribution in [3.05, 3.63) is 57.0 Å². The summed E-state index contributed by atoms with van der Waals surface area (Å²) in [5, 5.41) is 12.8. The summed E-state index contributed by atoms with van der Waals surface area (Å²) in [5.74, 6) is 1.40. The molecule has 0 saturated heterocycles. The first kappa shape index (κ1) is 20.0. The van der Waals surface area contributed by atoms with Crippen LogP contribution in [0, 0.1) is 0 Å². The summed E-state index contributed by atoms with van der Waals surface area (Å²) in [4.78, 5) is 0. The van der Waals surface area contributed by atoms with E-state index >= 15 is 0 Å². The highest BCUT2D eigenvalue weighted by Crippen LogP contribution is 2.34. The second kappa shape index (κ2) is 10.7. The predicted molar refractivity (Wildman–Crippen MR) is 105 cm³/mol. The Bertz CT molecular complexity index is 682. The van der Waals surface area contributed by atoms with Crippen LogP contribution in [-0.4, -0.2) is 24.9 Å². The predicted octanol–water partition coefficient (Wildman–Crippen LogP) is 4.55. The molecule has 0 bridgehead atoms. The van der Waals surface area contributed by atoms with Crippen LogP contribution in [0.15, 0.2) is 40.9 Å². The Morgan fingerprint density at radius 1 is 1.16 bits per heavy atom. The summed E-state index contributed by atoms with van der Waals surface area (Å²) in [7, 11) is 0. The van der Waals surface area contributed by atoms with Gasteiger partial charge in [-0.25, -0.2) is 0 Å². The summed E-state index contributed by atoms with van der Waals surface area (Å²) in [6.45, 7) is 4.57. The van der Waals surface area contributed by atoms with Crippen molar-refractivity contribution in [1.29, 1.82) is 0 Å². The van der Waals surface area contributed by atoms with Crippen molar-refractivity contribution in [3.8, 4) is 11.5 Å². The number of aliphatic hydroxyl groups is 1. The third kappa shape index (κ3) is 6.51. The molecule has 0 spiro atoms. The van der Waals surface area contributed by atoms with Gasteiger partial charge in [0.2, 0.25) is 0 Å². The summed E-state index contributed by atoms with van der Waals surface area (Å²) in [6, 6.07) is 11.5. The molecule has 2 aromatic rings. The van der Waals surface area contributed by atoms with Crippen molar-refractivity contribution < 1.29 is 14.6 Å². The fraction of sp³-hybridized carbons (Fsp3) is 0.368. The Labute approximate surface area is 162 Å². The molecule has 0 amide bonds. The van der Waals surface area contributed by atoms with Crippen LogP contribution in [0.5, 0.6) is 11.5 Å². The molecule has 0 radical (unpaired) electrons. The molecule has 0 atom stereocenters. The Hall–Kier alpha value is -1.27. The maximum atomic E-state index is 8.84. The summed E-state index contributed by atoms with van der Waals surface area (Å²) >= 11 is 9.61. The molecule has 4 nitrogen and oxygen atoms in total. The van der Waals surface area contributed by atoms with E-state index in [0.717, 1.165) is 28.6 Å². The highest BCUT2D eigenvalue weighted by molar-refractivity contribution is 9.10. The second-order valence-electron chi connectivity index (χ2n) is 5.50. The van der Waals surface area contributed by atoms with Gasteiger partial charge >= 0.3 is 0 Å². The van der Waals surface area contributed by atoms with Gasteiger partial charge in [0.15, 0.2) is 11.5 Å². The van der Waals surface area contributed by atoms with E-state index in [-0.39, 0.29) is 6.61 Å². The highest BCUT2D eigenvalue weighted by atomic mass is 79.9. The monoisotopic (exact) mass is 427 g/mol. The minimum atomic E-state index is 0.189. The number of ether oxygens (including phenoxy) is 2. The van der Waals surface area contributed by atoms with Gasteiger partial charge in [0, 0.05) is 22.6 Å². The molecule has 136 valence electrons. The molecule has 0 aliphatic carbocycles. The molecule has 0 fully saturated rings. The minimum Gasteiger partial charge on any atom is -0.490 e. The standard InChI is InChI=1S/C19H23BrClNO3/c1-2-24-18-10-15(12-22-7-4-8-23)17(20)11-19(18)25-13-14-5-3-6-16(21)9-14/h3,5-6,9-11,22-23H,2,4,7-8,12-13H2,1H3. The van der Waals surface area contributed by atoms with Crippen molar-refractivity contribution in [2.75, 3.05) is 19.8 Å². The molecule has 2 aromatic carbocycles. The zero-order valence-corrected chi connectivity index (χ0v) is 16.6. The van der Waals surface area contributed by atoms with E-state index in [0.29, 0.717) is 36.3 Å². The zero-order valence-electron chi connectivity index (χ0n) is 14.2. The van der Waals surface area contributed by atoms with Crippen LogP contribution < -0.4 is 14.8 Å². The topological polar surface area (TPSA) is 50.7 Å². The number of aliphatic hydroxyl groups excluding tert-OH is 1. The maximum Gasteiger partial charge on any atom is 0.162 e. The summed E-state index contributed by atoms with van der Waals surface area (Å²) in [6.07, 6.45) is 0.733. The largest absolute Gasteiger partial charge is 0.490 e. The van der Waals surface area contributed by atoms with Crippen molar-refractivity contribution >= 4 is 27.5 Å². The number of nitrogens with one attached hydrogen (secondary N) is 1. The van der Waals surface area contributed by atoms with E-state index in [1.54, 1.807) is 0 Å². The molecule has 2 rings (SSSR count). The van der Waals surface area contributed by atoms with Crippen molar-refractivity contribution in [2.24, 2.45) is 0 Å². The van der Waals surface area contributed by atoms with Gasteiger partial charge in [-0.2, -0.15) is 0 Å². The molecule has 6 heteroatoms.